The number of nitrogens with zero attached hydrogens (tertiary/aromatic N) is 2. The number of pyridine rings is 1. The normalized spacial score (nSPS) is 16.7. The Morgan fingerprint density at radius 1 is 1.46 bits per heavy atom. The van der Waals surface area contributed by atoms with Crippen LogP contribution in [0.2, 0.25) is 0 Å². The number of thiazole rings is 1. The van der Waals surface area contributed by atoms with Crippen molar-refractivity contribution in [3.05, 3.63) is 22.8 Å². The Bertz CT molecular complexity index is 457. The van der Waals surface area contributed by atoms with E-state index in [4.69, 9.17) is 0 Å². The Kier molecular flexibility index (Phi) is 1.44. The van der Waals surface area contributed by atoms with Gasteiger partial charge in [-0.3, -0.25) is 0 Å². The minimum Gasteiger partial charge on any atom is -0.244 e. The first-order chi connectivity index (χ1) is 6.34. The van der Waals surface area contributed by atoms with Gasteiger partial charge in [-0.1, -0.05) is 11.3 Å². The van der Waals surface area contributed by atoms with Crippen molar-refractivity contribution in [2.45, 2.75) is 25.7 Å². The third-order valence-corrected chi connectivity index (χ3v) is 3.33. The van der Waals surface area contributed by atoms with Crippen LogP contribution in [0.1, 0.15) is 29.3 Å². The van der Waals surface area contributed by atoms with E-state index in [1.807, 2.05) is 13.1 Å². The van der Waals surface area contributed by atoms with Gasteiger partial charge in [0.2, 0.25) is 0 Å². The van der Waals surface area contributed by atoms with E-state index in [9.17, 15) is 0 Å². The van der Waals surface area contributed by atoms with Gasteiger partial charge in [-0.25, -0.2) is 9.97 Å². The molecule has 0 bridgehead atoms. The van der Waals surface area contributed by atoms with Gasteiger partial charge in [-0.15, -0.1) is 0 Å². The summed E-state index contributed by atoms with van der Waals surface area (Å²) in [5.41, 5.74) is 2.56. The first kappa shape index (κ1) is 7.44. The van der Waals surface area contributed by atoms with Gasteiger partial charge in [0, 0.05) is 6.20 Å². The first-order valence-corrected chi connectivity index (χ1v) is 5.38. The molecule has 2 nitrogen and oxygen atoms in total. The molecule has 0 aromatic carbocycles. The Balaban J connectivity index is 2.31. The van der Waals surface area contributed by atoms with Crippen LogP contribution in [0.5, 0.6) is 0 Å². The summed E-state index contributed by atoms with van der Waals surface area (Å²) in [4.78, 5) is 9.96. The smallest absolute Gasteiger partial charge is 0.143 e. The van der Waals surface area contributed by atoms with Gasteiger partial charge in [0.15, 0.2) is 0 Å². The van der Waals surface area contributed by atoms with Crippen LogP contribution in [-0.4, -0.2) is 9.97 Å². The highest BCUT2D eigenvalue weighted by atomic mass is 32.1. The predicted octanol–water partition coefficient (Wildman–Crippen LogP) is 2.88. The van der Waals surface area contributed by atoms with Crippen LogP contribution < -0.4 is 0 Å². The fourth-order valence-electron chi connectivity index (χ4n) is 1.68. The van der Waals surface area contributed by atoms with Gasteiger partial charge in [0.25, 0.3) is 0 Å². The molecule has 3 rings (SSSR count). The van der Waals surface area contributed by atoms with Gasteiger partial charge < -0.3 is 0 Å². The summed E-state index contributed by atoms with van der Waals surface area (Å²) < 4.78 is 0. The third kappa shape index (κ3) is 1.15. The van der Waals surface area contributed by atoms with E-state index in [0.29, 0.717) is 0 Å². The lowest BCUT2D eigenvalue weighted by Crippen LogP contribution is -1.83. The van der Waals surface area contributed by atoms with E-state index in [1.165, 1.54) is 18.4 Å². The van der Waals surface area contributed by atoms with Gasteiger partial charge in [0.05, 0.1) is 5.01 Å². The molecule has 1 saturated carbocycles. The lowest BCUT2D eigenvalue weighted by molar-refractivity contribution is 1.13. The summed E-state index contributed by atoms with van der Waals surface area (Å²) in [6, 6.07) is 2.12. The molecule has 13 heavy (non-hydrogen) atoms. The summed E-state index contributed by atoms with van der Waals surface area (Å²) in [6.45, 7) is 2.04. The molecule has 0 spiro atoms. The molecular formula is C10H10N2S. The molecular weight excluding hydrogens is 180 g/mol. The fraction of sp³-hybridized carbons (Fsp3) is 0.400. The summed E-state index contributed by atoms with van der Waals surface area (Å²) in [6.07, 6.45) is 4.57. The van der Waals surface area contributed by atoms with Crippen molar-refractivity contribution >= 4 is 21.7 Å². The average molecular weight is 190 g/mol. The van der Waals surface area contributed by atoms with Crippen LogP contribution in [0.4, 0.5) is 0 Å². The molecule has 1 aliphatic carbocycles. The number of hydrogen-bond donors (Lipinski definition) is 0. The van der Waals surface area contributed by atoms with Crippen LogP contribution in [0.3, 0.4) is 0 Å². The fourth-order valence-corrected chi connectivity index (χ4v) is 2.47. The largest absolute Gasteiger partial charge is 0.244 e. The van der Waals surface area contributed by atoms with E-state index in [0.717, 1.165) is 21.3 Å². The van der Waals surface area contributed by atoms with Crippen LogP contribution in [0, 0.1) is 6.92 Å². The predicted molar refractivity (Wildman–Crippen MR) is 54.1 cm³/mol. The molecule has 2 aromatic rings. The standard InChI is InChI=1S/C10H10N2S/c1-6-12-9-8(7-2-3-7)4-5-11-10(9)13-6/h4-5,7H,2-3H2,1H3. The zero-order valence-corrected chi connectivity index (χ0v) is 8.27. The molecule has 3 heteroatoms. The van der Waals surface area contributed by atoms with E-state index in [-0.39, 0.29) is 0 Å². The number of hydrogen-bond acceptors (Lipinski definition) is 3. The van der Waals surface area contributed by atoms with E-state index >= 15 is 0 Å². The second-order valence-electron chi connectivity index (χ2n) is 3.56. The quantitative estimate of drug-likeness (QED) is 0.691. The molecule has 1 aliphatic rings. The second kappa shape index (κ2) is 2.51. The van der Waals surface area contributed by atoms with Gasteiger partial charge >= 0.3 is 0 Å². The Morgan fingerprint density at radius 3 is 3.08 bits per heavy atom. The minimum absolute atomic E-state index is 0.770. The molecule has 0 amide bonds. The van der Waals surface area contributed by atoms with E-state index < -0.39 is 0 Å². The van der Waals surface area contributed by atoms with Crippen LogP contribution >= 0.6 is 11.3 Å². The zero-order valence-electron chi connectivity index (χ0n) is 7.45. The molecule has 0 N–H and O–H groups in total. The van der Waals surface area contributed by atoms with Crippen molar-refractivity contribution in [1.82, 2.24) is 9.97 Å². The number of aryl methyl sites for hydroxylation is 1. The van der Waals surface area contributed by atoms with Crippen molar-refractivity contribution in [2.75, 3.05) is 0 Å². The van der Waals surface area contributed by atoms with Crippen molar-refractivity contribution in [3.63, 3.8) is 0 Å². The summed E-state index contributed by atoms with van der Waals surface area (Å²) in [5, 5.41) is 1.12. The number of aromatic nitrogens is 2. The van der Waals surface area contributed by atoms with Crippen molar-refractivity contribution in [1.29, 1.82) is 0 Å². The van der Waals surface area contributed by atoms with Crippen molar-refractivity contribution in [3.8, 4) is 0 Å². The van der Waals surface area contributed by atoms with Gasteiger partial charge in [-0.2, -0.15) is 0 Å². The Labute approximate surface area is 80.6 Å². The highest BCUT2D eigenvalue weighted by Crippen LogP contribution is 2.42. The average Bonchev–Trinajstić information content (AvgIpc) is 2.86. The molecule has 66 valence electrons. The molecule has 0 atom stereocenters. The van der Waals surface area contributed by atoms with Crippen LogP contribution in [0.15, 0.2) is 12.3 Å². The lowest BCUT2D eigenvalue weighted by Gasteiger charge is -1.96. The molecule has 0 radical (unpaired) electrons. The van der Waals surface area contributed by atoms with E-state index in [2.05, 4.69) is 16.0 Å². The topological polar surface area (TPSA) is 25.8 Å². The molecule has 0 unspecified atom stereocenters. The lowest BCUT2D eigenvalue weighted by atomic mass is 10.1. The minimum atomic E-state index is 0.770. The first-order valence-electron chi connectivity index (χ1n) is 4.56. The summed E-state index contributed by atoms with van der Waals surface area (Å²) in [5.74, 6) is 0.770. The Hall–Kier alpha value is -0.960. The summed E-state index contributed by atoms with van der Waals surface area (Å²) >= 11 is 1.69. The number of fused-ring (bicyclic) bond motifs is 1. The SMILES string of the molecule is Cc1nc2c(C3CC3)ccnc2s1. The highest BCUT2D eigenvalue weighted by Gasteiger charge is 2.26. The van der Waals surface area contributed by atoms with Gasteiger partial charge in [0.1, 0.15) is 10.3 Å². The second-order valence-corrected chi connectivity index (χ2v) is 4.74. The molecule has 0 saturated heterocycles. The monoisotopic (exact) mass is 190 g/mol. The maximum atomic E-state index is 4.53. The van der Waals surface area contributed by atoms with Crippen molar-refractivity contribution < 1.29 is 0 Å². The van der Waals surface area contributed by atoms with Crippen LogP contribution in [-0.2, 0) is 0 Å². The number of rotatable bonds is 1. The van der Waals surface area contributed by atoms with Crippen LogP contribution in [0.25, 0.3) is 10.3 Å². The third-order valence-electron chi connectivity index (χ3n) is 2.45. The molecule has 2 heterocycles. The summed E-state index contributed by atoms with van der Waals surface area (Å²) in [7, 11) is 0. The van der Waals surface area contributed by atoms with Crippen molar-refractivity contribution in [2.24, 2.45) is 0 Å². The molecule has 2 aromatic heterocycles. The maximum absolute atomic E-state index is 4.53. The van der Waals surface area contributed by atoms with E-state index in [1.54, 1.807) is 11.3 Å². The maximum Gasteiger partial charge on any atom is 0.143 e. The highest BCUT2D eigenvalue weighted by molar-refractivity contribution is 7.18. The Morgan fingerprint density at radius 2 is 2.31 bits per heavy atom. The zero-order chi connectivity index (χ0) is 8.84. The molecule has 1 fully saturated rings. The molecule has 0 aliphatic heterocycles. The van der Waals surface area contributed by atoms with Gasteiger partial charge in [-0.05, 0) is 37.3 Å².